The van der Waals surface area contributed by atoms with E-state index in [2.05, 4.69) is 0 Å². The minimum Gasteiger partial charge on any atom is -0.379 e. The molecule has 0 fully saturated rings. The first-order valence-electron chi connectivity index (χ1n) is 13.1. The van der Waals surface area contributed by atoms with Crippen molar-refractivity contribution in [3.05, 3.63) is 118 Å². The molecule has 4 rings (SSSR count). The second kappa shape index (κ2) is 11.7. The lowest BCUT2D eigenvalue weighted by Crippen LogP contribution is -2.54. The van der Waals surface area contributed by atoms with E-state index in [1.165, 1.54) is 48.5 Å². The molecule has 0 saturated heterocycles. The minimum atomic E-state index is -5.96. The molecule has 0 radical (unpaired) electrons. The third-order valence-electron chi connectivity index (χ3n) is 7.08. The molecule has 4 aromatic carbocycles. The Labute approximate surface area is 256 Å². The summed E-state index contributed by atoms with van der Waals surface area (Å²) in [4.78, 5) is -0.530. The van der Waals surface area contributed by atoms with Gasteiger partial charge in [-0.2, -0.15) is 43.2 Å². The molecule has 0 aliphatic carbocycles. The molecule has 0 unspecified atom stereocenters. The van der Waals surface area contributed by atoms with Crippen LogP contribution in [0.1, 0.15) is 33.4 Å². The summed E-state index contributed by atoms with van der Waals surface area (Å²) in [7, 11) is -8.93. The summed E-state index contributed by atoms with van der Waals surface area (Å²) in [6, 6.07) is 14.5. The first-order chi connectivity index (χ1) is 20.7. The number of alkyl halides is 6. The van der Waals surface area contributed by atoms with Crippen LogP contribution in [0.2, 0.25) is 0 Å². The van der Waals surface area contributed by atoms with Crippen LogP contribution < -0.4 is 8.37 Å². The first kappa shape index (κ1) is 33.8. The molecule has 4 aromatic rings. The predicted octanol–water partition coefficient (Wildman–Crippen LogP) is 7.87. The van der Waals surface area contributed by atoms with Gasteiger partial charge in [0.25, 0.3) is 0 Å². The van der Waals surface area contributed by atoms with Crippen molar-refractivity contribution in [3.63, 3.8) is 0 Å². The summed E-state index contributed by atoms with van der Waals surface area (Å²) in [5.74, 6) is -0.947. The van der Waals surface area contributed by atoms with E-state index in [1.807, 2.05) is 0 Å². The van der Waals surface area contributed by atoms with Crippen molar-refractivity contribution >= 4 is 20.2 Å². The van der Waals surface area contributed by atoms with Gasteiger partial charge < -0.3 is 8.37 Å². The highest BCUT2D eigenvalue weighted by Gasteiger charge is 2.72. The SMILES string of the molecule is Cc1ccc(S(=O)(=O)Oc2ccc(C(c3ccc(OS(=O)(=O)c4ccc(C)cc4)c(C)c3)(C(F)(F)F)C(F)(F)F)cc2C)cc1. The molecule has 0 atom stereocenters. The second-order valence-electron chi connectivity index (χ2n) is 10.4. The third-order valence-corrected chi connectivity index (χ3v) is 9.58. The van der Waals surface area contributed by atoms with Crippen molar-refractivity contribution in [1.82, 2.24) is 0 Å². The predicted molar refractivity (Wildman–Crippen MR) is 153 cm³/mol. The molecular weight excluding hydrogens is 646 g/mol. The molecule has 14 heteroatoms. The van der Waals surface area contributed by atoms with Gasteiger partial charge in [-0.1, -0.05) is 59.7 Å². The molecule has 0 aliphatic heterocycles. The van der Waals surface area contributed by atoms with E-state index in [9.17, 15) is 43.2 Å². The van der Waals surface area contributed by atoms with Crippen molar-refractivity contribution in [1.29, 1.82) is 0 Å². The Bertz CT molecular complexity index is 1790. The zero-order valence-corrected chi connectivity index (χ0v) is 25.7. The summed E-state index contributed by atoms with van der Waals surface area (Å²) in [5, 5.41) is 0. The Morgan fingerprint density at radius 1 is 0.489 bits per heavy atom. The van der Waals surface area contributed by atoms with Gasteiger partial charge in [0.05, 0.1) is 0 Å². The van der Waals surface area contributed by atoms with Crippen LogP contribution in [0.4, 0.5) is 26.3 Å². The molecule has 0 aliphatic rings. The molecule has 0 heterocycles. The van der Waals surface area contributed by atoms with Crippen LogP contribution in [0.25, 0.3) is 0 Å². The van der Waals surface area contributed by atoms with Gasteiger partial charge in [0.15, 0.2) is 0 Å². The van der Waals surface area contributed by atoms with Gasteiger partial charge in [-0.3, -0.25) is 0 Å². The number of benzene rings is 4. The fraction of sp³-hybridized carbons (Fsp3) is 0.226. The summed E-state index contributed by atoms with van der Waals surface area (Å²) in [6.07, 6.45) is -11.9. The van der Waals surface area contributed by atoms with E-state index < -0.39 is 60.6 Å². The van der Waals surface area contributed by atoms with Crippen LogP contribution in [0, 0.1) is 27.7 Å². The summed E-state index contributed by atoms with van der Waals surface area (Å²) < 4.78 is 150. The normalized spacial score (nSPS) is 13.0. The van der Waals surface area contributed by atoms with E-state index in [4.69, 9.17) is 8.37 Å². The topological polar surface area (TPSA) is 86.7 Å². The highest BCUT2D eigenvalue weighted by molar-refractivity contribution is 7.87. The molecule has 0 bridgehead atoms. The number of aryl methyl sites for hydroxylation is 4. The number of rotatable bonds is 8. The van der Waals surface area contributed by atoms with Crippen LogP contribution in [-0.4, -0.2) is 29.2 Å². The van der Waals surface area contributed by atoms with E-state index in [1.54, 1.807) is 13.8 Å². The lowest BCUT2D eigenvalue weighted by atomic mass is 9.72. The zero-order valence-electron chi connectivity index (χ0n) is 24.1. The Hall–Kier alpha value is -4.04. The van der Waals surface area contributed by atoms with Gasteiger partial charge in [-0.05, 0) is 86.3 Å². The average Bonchev–Trinajstić information content (AvgIpc) is 2.91. The zero-order chi connectivity index (χ0) is 33.6. The van der Waals surface area contributed by atoms with Crippen LogP contribution in [0.15, 0.2) is 94.7 Å². The highest BCUT2D eigenvalue weighted by Crippen LogP contribution is 2.57. The van der Waals surface area contributed by atoms with Crippen molar-refractivity contribution in [2.24, 2.45) is 0 Å². The number of hydrogen-bond acceptors (Lipinski definition) is 6. The quantitative estimate of drug-likeness (QED) is 0.140. The van der Waals surface area contributed by atoms with E-state index in [-0.39, 0.29) is 20.9 Å². The number of hydrogen-bond donors (Lipinski definition) is 0. The molecule has 0 saturated carbocycles. The fourth-order valence-electron chi connectivity index (χ4n) is 4.68. The van der Waals surface area contributed by atoms with Gasteiger partial charge in [-0.15, -0.1) is 0 Å². The summed E-state index contributed by atoms with van der Waals surface area (Å²) in [6.45, 7) is 5.64. The van der Waals surface area contributed by atoms with Crippen LogP contribution >= 0.6 is 0 Å². The molecule has 6 nitrogen and oxygen atoms in total. The maximum absolute atomic E-state index is 14.8. The molecule has 240 valence electrons. The maximum atomic E-state index is 14.8. The van der Waals surface area contributed by atoms with Gasteiger partial charge in [-0.25, -0.2) is 0 Å². The standard InChI is InChI=1S/C31H26F6O6S2/c1-19-5-11-25(12-6-19)44(38,39)42-27-15-9-23(17-21(27)3)29(30(32,33)34,31(35,36)37)24-10-16-28(22(4)18-24)43-45(40,41)26-13-7-20(2)8-14-26/h5-18H,1-4H3. The molecular formula is C31H26F6O6S2. The van der Waals surface area contributed by atoms with Gasteiger partial charge in [0, 0.05) is 0 Å². The summed E-state index contributed by atoms with van der Waals surface area (Å²) >= 11 is 0. The van der Waals surface area contributed by atoms with E-state index >= 15 is 0 Å². The smallest absolute Gasteiger partial charge is 0.379 e. The van der Waals surface area contributed by atoms with Crippen molar-refractivity contribution in [2.45, 2.75) is 55.3 Å². The Balaban J connectivity index is 1.80. The molecule has 0 amide bonds. The molecule has 45 heavy (non-hydrogen) atoms. The van der Waals surface area contributed by atoms with Gasteiger partial charge in [0.2, 0.25) is 5.41 Å². The van der Waals surface area contributed by atoms with Gasteiger partial charge in [0.1, 0.15) is 21.3 Å². The number of halogens is 6. The van der Waals surface area contributed by atoms with Crippen LogP contribution in [-0.2, 0) is 25.7 Å². The molecule has 0 spiro atoms. The summed E-state index contributed by atoms with van der Waals surface area (Å²) in [5.41, 5.74) is -6.27. The molecule has 0 aromatic heterocycles. The van der Waals surface area contributed by atoms with Crippen molar-refractivity contribution in [2.75, 3.05) is 0 Å². The Morgan fingerprint density at radius 3 is 1.07 bits per heavy atom. The Kier molecular flexibility index (Phi) is 8.81. The lowest BCUT2D eigenvalue weighted by molar-refractivity contribution is -0.288. The van der Waals surface area contributed by atoms with Gasteiger partial charge >= 0.3 is 32.6 Å². The molecule has 0 N–H and O–H groups in total. The first-order valence-corrected chi connectivity index (χ1v) is 15.9. The highest BCUT2D eigenvalue weighted by atomic mass is 32.2. The average molecular weight is 673 g/mol. The Morgan fingerprint density at radius 2 is 0.800 bits per heavy atom. The van der Waals surface area contributed by atoms with Crippen molar-refractivity contribution in [3.8, 4) is 11.5 Å². The maximum Gasteiger partial charge on any atom is 0.411 e. The largest absolute Gasteiger partial charge is 0.411 e. The fourth-order valence-corrected chi connectivity index (χ4v) is 6.65. The second-order valence-corrected chi connectivity index (χ2v) is 13.5. The monoisotopic (exact) mass is 672 g/mol. The minimum absolute atomic E-state index is 0.265. The van der Waals surface area contributed by atoms with E-state index in [0.29, 0.717) is 24.3 Å². The third kappa shape index (κ3) is 6.52. The van der Waals surface area contributed by atoms with Crippen molar-refractivity contribution < 1.29 is 51.5 Å². The lowest BCUT2D eigenvalue weighted by Gasteiger charge is -2.38. The van der Waals surface area contributed by atoms with Crippen LogP contribution in [0.3, 0.4) is 0 Å². The van der Waals surface area contributed by atoms with E-state index in [0.717, 1.165) is 37.1 Å². The van der Waals surface area contributed by atoms with Crippen LogP contribution in [0.5, 0.6) is 11.5 Å².